The van der Waals surface area contributed by atoms with Gasteiger partial charge in [0.2, 0.25) is 0 Å². The van der Waals surface area contributed by atoms with E-state index in [9.17, 15) is 5.11 Å². The van der Waals surface area contributed by atoms with E-state index in [0.29, 0.717) is 5.69 Å². The Balaban J connectivity index is 2.36. The number of anilines is 1. The first-order chi connectivity index (χ1) is 6.27. The van der Waals surface area contributed by atoms with E-state index in [0.717, 1.165) is 30.7 Å². The quantitative estimate of drug-likeness (QED) is 0.504. The maximum atomic E-state index is 9.22. The molecule has 0 spiro atoms. The Morgan fingerprint density at radius 1 is 1.38 bits per heavy atom. The van der Waals surface area contributed by atoms with Crippen molar-refractivity contribution in [3.05, 3.63) is 23.8 Å². The van der Waals surface area contributed by atoms with E-state index >= 15 is 0 Å². The number of aliphatic imine (C=N–C) groups is 1. The Kier molecular flexibility index (Phi) is 1.93. The van der Waals surface area contributed by atoms with Gasteiger partial charge in [0.25, 0.3) is 0 Å². The topological polar surface area (TPSA) is 58.6 Å². The van der Waals surface area contributed by atoms with E-state index in [2.05, 4.69) is 4.99 Å². The number of phenolic OH excluding ortho intramolecular Hbond substituents is 1. The summed E-state index contributed by atoms with van der Waals surface area (Å²) in [5.41, 5.74) is 8.14. The molecular formula is C10H12N2O. The highest BCUT2D eigenvalue weighted by atomic mass is 16.3. The van der Waals surface area contributed by atoms with Crippen molar-refractivity contribution in [3.63, 3.8) is 0 Å². The van der Waals surface area contributed by atoms with Crippen molar-refractivity contribution in [2.75, 3.05) is 12.3 Å². The van der Waals surface area contributed by atoms with E-state index < -0.39 is 0 Å². The summed E-state index contributed by atoms with van der Waals surface area (Å²) in [7, 11) is 0. The van der Waals surface area contributed by atoms with Crippen LogP contribution in [0, 0.1) is 0 Å². The minimum Gasteiger partial charge on any atom is -0.506 e. The summed E-state index contributed by atoms with van der Waals surface area (Å²) in [6.45, 7) is 0.913. The van der Waals surface area contributed by atoms with Gasteiger partial charge in [0, 0.05) is 12.3 Å². The van der Waals surface area contributed by atoms with Gasteiger partial charge in [-0.1, -0.05) is 0 Å². The van der Waals surface area contributed by atoms with Crippen LogP contribution < -0.4 is 5.73 Å². The van der Waals surface area contributed by atoms with Crippen LogP contribution in [-0.4, -0.2) is 17.4 Å². The summed E-state index contributed by atoms with van der Waals surface area (Å²) < 4.78 is 0. The number of benzene rings is 1. The van der Waals surface area contributed by atoms with Crippen LogP contribution in [0.4, 0.5) is 5.69 Å². The van der Waals surface area contributed by atoms with E-state index in [-0.39, 0.29) is 5.75 Å². The van der Waals surface area contributed by atoms with Gasteiger partial charge in [0.1, 0.15) is 5.75 Å². The van der Waals surface area contributed by atoms with Crippen LogP contribution in [0.25, 0.3) is 0 Å². The van der Waals surface area contributed by atoms with E-state index in [4.69, 9.17) is 5.73 Å². The highest BCUT2D eigenvalue weighted by molar-refractivity contribution is 6.02. The summed E-state index contributed by atoms with van der Waals surface area (Å²) in [4.78, 5) is 4.36. The Bertz CT molecular complexity index is 358. The molecule has 0 amide bonds. The van der Waals surface area contributed by atoms with Crippen LogP contribution in [0.1, 0.15) is 18.4 Å². The summed E-state index contributed by atoms with van der Waals surface area (Å²) >= 11 is 0. The Morgan fingerprint density at radius 2 is 2.23 bits per heavy atom. The second-order valence-electron chi connectivity index (χ2n) is 3.21. The van der Waals surface area contributed by atoms with Crippen molar-refractivity contribution < 1.29 is 5.11 Å². The molecule has 0 saturated heterocycles. The summed E-state index contributed by atoms with van der Waals surface area (Å²) in [6, 6.07) is 5.25. The van der Waals surface area contributed by atoms with E-state index in [1.54, 1.807) is 12.1 Å². The molecule has 0 fully saturated rings. The van der Waals surface area contributed by atoms with Crippen molar-refractivity contribution in [1.82, 2.24) is 0 Å². The average Bonchev–Trinajstić information content (AvgIpc) is 2.62. The Labute approximate surface area is 76.9 Å². The van der Waals surface area contributed by atoms with Gasteiger partial charge in [-0.2, -0.15) is 0 Å². The van der Waals surface area contributed by atoms with Gasteiger partial charge >= 0.3 is 0 Å². The first-order valence-corrected chi connectivity index (χ1v) is 4.39. The molecule has 0 saturated carbocycles. The van der Waals surface area contributed by atoms with Gasteiger partial charge in [-0.25, -0.2) is 0 Å². The molecule has 0 atom stereocenters. The number of rotatable bonds is 1. The molecule has 0 radical (unpaired) electrons. The Morgan fingerprint density at radius 3 is 2.85 bits per heavy atom. The van der Waals surface area contributed by atoms with Gasteiger partial charge in [-0.05, 0) is 36.6 Å². The molecule has 2 rings (SSSR count). The molecule has 0 aromatic heterocycles. The van der Waals surface area contributed by atoms with Crippen molar-refractivity contribution >= 4 is 11.4 Å². The summed E-state index contributed by atoms with van der Waals surface area (Å²) in [5.74, 6) is 0.141. The predicted molar refractivity (Wildman–Crippen MR) is 53.2 cm³/mol. The average molecular weight is 176 g/mol. The zero-order valence-electron chi connectivity index (χ0n) is 7.33. The molecule has 3 nitrogen and oxygen atoms in total. The standard InChI is InChI=1S/C10H12N2O/c11-8-6-7(3-4-10(8)13)9-2-1-5-12-9/h3-4,6,13H,1-2,5,11H2. The first-order valence-electron chi connectivity index (χ1n) is 4.39. The summed E-state index contributed by atoms with van der Waals surface area (Å²) in [5, 5.41) is 9.22. The van der Waals surface area contributed by atoms with Gasteiger partial charge in [0.15, 0.2) is 0 Å². The molecule has 0 bridgehead atoms. The fourth-order valence-electron chi connectivity index (χ4n) is 1.51. The SMILES string of the molecule is Nc1cc(C2=NCCC2)ccc1O. The van der Waals surface area contributed by atoms with Gasteiger partial charge in [0.05, 0.1) is 5.69 Å². The van der Waals surface area contributed by atoms with Crippen molar-refractivity contribution in [2.24, 2.45) is 4.99 Å². The third-order valence-electron chi connectivity index (χ3n) is 2.24. The smallest absolute Gasteiger partial charge is 0.138 e. The van der Waals surface area contributed by atoms with E-state index in [1.165, 1.54) is 0 Å². The fourth-order valence-corrected chi connectivity index (χ4v) is 1.51. The highest BCUT2D eigenvalue weighted by Crippen LogP contribution is 2.22. The highest BCUT2D eigenvalue weighted by Gasteiger charge is 2.09. The normalized spacial score (nSPS) is 15.8. The van der Waals surface area contributed by atoms with Gasteiger partial charge in [-0.3, -0.25) is 4.99 Å². The second kappa shape index (κ2) is 3.09. The molecule has 1 heterocycles. The zero-order valence-corrected chi connectivity index (χ0v) is 7.33. The van der Waals surface area contributed by atoms with Crippen molar-refractivity contribution in [2.45, 2.75) is 12.8 Å². The zero-order chi connectivity index (χ0) is 9.26. The van der Waals surface area contributed by atoms with Crippen LogP contribution in [0.5, 0.6) is 5.75 Å². The molecule has 3 heteroatoms. The molecule has 3 N–H and O–H groups in total. The van der Waals surface area contributed by atoms with Gasteiger partial charge < -0.3 is 10.8 Å². The van der Waals surface area contributed by atoms with Crippen molar-refractivity contribution in [1.29, 1.82) is 0 Å². The van der Waals surface area contributed by atoms with E-state index in [1.807, 2.05) is 6.07 Å². The maximum absolute atomic E-state index is 9.22. The minimum atomic E-state index is 0.141. The van der Waals surface area contributed by atoms with Crippen LogP contribution in [-0.2, 0) is 0 Å². The number of nitrogens with two attached hydrogens (primary N) is 1. The summed E-state index contributed by atoms with van der Waals surface area (Å²) in [6.07, 6.45) is 2.14. The molecule has 1 aliphatic rings. The molecule has 1 aliphatic heterocycles. The molecule has 0 aliphatic carbocycles. The van der Waals surface area contributed by atoms with Crippen LogP contribution in [0.2, 0.25) is 0 Å². The lowest BCUT2D eigenvalue weighted by Crippen LogP contribution is -1.97. The first kappa shape index (κ1) is 8.10. The third-order valence-corrected chi connectivity index (χ3v) is 2.24. The second-order valence-corrected chi connectivity index (χ2v) is 3.21. The number of hydrogen-bond acceptors (Lipinski definition) is 3. The number of hydrogen-bond donors (Lipinski definition) is 2. The van der Waals surface area contributed by atoms with Crippen LogP contribution >= 0.6 is 0 Å². The monoisotopic (exact) mass is 176 g/mol. The lowest BCUT2D eigenvalue weighted by Gasteiger charge is -2.03. The molecule has 0 unspecified atom stereocenters. The lowest BCUT2D eigenvalue weighted by atomic mass is 10.1. The Hall–Kier alpha value is -1.51. The lowest BCUT2D eigenvalue weighted by molar-refractivity contribution is 0.478. The minimum absolute atomic E-state index is 0.141. The van der Waals surface area contributed by atoms with Gasteiger partial charge in [-0.15, -0.1) is 0 Å². The molecule has 1 aromatic carbocycles. The molecule has 13 heavy (non-hydrogen) atoms. The largest absolute Gasteiger partial charge is 0.506 e. The number of nitrogen functional groups attached to an aromatic ring is 1. The number of nitrogens with zero attached hydrogens (tertiary/aromatic N) is 1. The molecule has 68 valence electrons. The number of phenols is 1. The third kappa shape index (κ3) is 1.49. The molecule has 1 aromatic rings. The fraction of sp³-hybridized carbons (Fsp3) is 0.300. The molecular weight excluding hydrogens is 164 g/mol. The van der Waals surface area contributed by atoms with Crippen molar-refractivity contribution in [3.8, 4) is 5.75 Å². The van der Waals surface area contributed by atoms with Crippen LogP contribution in [0.15, 0.2) is 23.2 Å². The number of aromatic hydroxyl groups is 1. The van der Waals surface area contributed by atoms with Crippen LogP contribution in [0.3, 0.4) is 0 Å². The predicted octanol–water partition coefficient (Wildman–Crippen LogP) is 1.56. The maximum Gasteiger partial charge on any atom is 0.138 e.